The Balaban J connectivity index is 1.84. The van der Waals surface area contributed by atoms with Crippen molar-refractivity contribution < 1.29 is 22.7 Å². The number of carbonyl (C=O) groups is 1. The number of hydrogen-bond donors (Lipinski definition) is 0. The predicted octanol–water partition coefficient (Wildman–Crippen LogP) is 3.31. The summed E-state index contributed by atoms with van der Waals surface area (Å²) in [7, 11) is 1.60. The number of piperidine rings is 1. The zero-order valence-corrected chi connectivity index (χ0v) is 15.0. The fourth-order valence-corrected chi connectivity index (χ4v) is 4.31. The van der Waals surface area contributed by atoms with E-state index in [2.05, 4.69) is 0 Å². The Morgan fingerprint density at radius 1 is 1.15 bits per heavy atom. The molecule has 1 atom stereocenters. The summed E-state index contributed by atoms with van der Waals surface area (Å²) >= 11 is 0. The summed E-state index contributed by atoms with van der Waals surface area (Å²) in [5.74, 6) is 0.0442. The molecule has 2 aliphatic heterocycles. The Labute approximate surface area is 151 Å². The van der Waals surface area contributed by atoms with Crippen molar-refractivity contribution in [2.45, 2.75) is 43.9 Å². The molecular weight excluding hydrogens is 345 g/mol. The molecule has 1 aromatic rings. The molecule has 144 valence electrons. The second kappa shape index (κ2) is 7.56. The molecule has 1 aromatic carbocycles. The Morgan fingerprint density at radius 3 is 2.54 bits per heavy atom. The van der Waals surface area contributed by atoms with Crippen LogP contribution in [0.15, 0.2) is 24.3 Å². The highest BCUT2D eigenvalue weighted by Crippen LogP contribution is 2.40. The minimum Gasteiger partial charge on any atom is -0.383 e. The monoisotopic (exact) mass is 370 g/mol. The van der Waals surface area contributed by atoms with Gasteiger partial charge in [-0.2, -0.15) is 13.2 Å². The number of amides is 1. The quantitative estimate of drug-likeness (QED) is 0.797. The van der Waals surface area contributed by atoms with Crippen LogP contribution in [-0.4, -0.2) is 54.6 Å². The van der Waals surface area contributed by atoms with Crippen LogP contribution in [0.25, 0.3) is 0 Å². The predicted molar refractivity (Wildman–Crippen MR) is 91.5 cm³/mol. The minimum atomic E-state index is -4.38. The second-order valence-corrected chi connectivity index (χ2v) is 7.10. The van der Waals surface area contributed by atoms with E-state index in [1.807, 2.05) is 4.90 Å². The van der Waals surface area contributed by atoms with Crippen LogP contribution in [0, 0.1) is 0 Å². The lowest BCUT2D eigenvalue weighted by Crippen LogP contribution is -2.60. The summed E-state index contributed by atoms with van der Waals surface area (Å²) in [6, 6.07) is 5.67. The maximum atomic E-state index is 13.3. The molecule has 0 aromatic heterocycles. The maximum absolute atomic E-state index is 13.3. The molecule has 0 radical (unpaired) electrons. The summed E-state index contributed by atoms with van der Waals surface area (Å²) < 4.78 is 45.1. The molecule has 2 saturated heterocycles. The van der Waals surface area contributed by atoms with Crippen LogP contribution in [0.2, 0.25) is 0 Å². The smallest absolute Gasteiger partial charge is 0.383 e. The number of nitrogens with zero attached hydrogens (tertiary/aromatic N) is 2. The summed E-state index contributed by atoms with van der Waals surface area (Å²) in [6.45, 7) is 2.50. The molecule has 4 nitrogen and oxygen atoms in total. The molecular formula is C19H25F3N2O2. The summed E-state index contributed by atoms with van der Waals surface area (Å²) in [5.41, 5.74) is -1.03. The first-order valence-corrected chi connectivity index (χ1v) is 9.07. The van der Waals surface area contributed by atoms with Gasteiger partial charge in [0, 0.05) is 26.7 Å². The molecule has 2 aliphatic rings. The molecule has 0 saturated carbocycles. The summed E-state index contributed by atoms with van der Waals surface area (Å²) in [4.78, 5) is 16.9. The highest BCUT2D eigenvalue weighted by atomic mass is 19.4. The van der Waals surface area contributed by atoms with Gasteiger partial charge in [0.15, 0.2) is 0 Å². The molecule has 0 N–H and O–H groups in total. The number of hydrogen-bond acceptors (Lipinski definition) is 3. The van der Waals surface area contributed by atoms with Crippen molar-refractivity contribution in [3.8, 4) is 0 Å². The average Bonchev–Trinajstić information content (AvgIpc) is 2.99. The van der Waals surface area contributed by atoms with E-state index in [-0.39, 0.29) is 18.0 Å². The zero-order valence-electron chi connectivity index (χ0n) is 15.0. The van der Waals surface area contributed by atoms with Crippen molar-refractivity contribution >= 4 is 5.91 Å². The summed E-state index contributed by atoms with van der Waals surface area (Å²) in [6.07, 6.45) is -1.26. The van der Waals surface area contributed by atoms with Gasteiger partial charge in [0.1, 0.15) is 5.54 Å². The standard InChI is InChI=1S/C19H25F3N2O2/c1-26-13-12-23-10-4-8-18(17(23)25)9-5-11-24(18)14-15-6-2-3-7-16(15)19(20,21)22/h2-3,6-7H,4-5,8-14H2,1H3. The van der Waals surface area contributed by atoms with Crippen molar-refractivity contribution in [3.05, 3.63) is 35.4 Å². The maximum Gasteiger partial charge on any atom is 0.416 e. The van der Waals surface area contributed by atoms with Gasteiger partial charge in [0.25, 0.3) is 0 Å². The number of benzene rings is 1. The minimum absolute atomic E-state index is 0.0442. The molecule has 0 bridgehead atoms. The molecule has 26 heavy (non-hydrogen) atoms. The fraction of sp³-hybridized carbons (Fsp3) is 0.632. The number of ether oxygens (including phenoxy) is 1. The van der Waals surface area contributed by atoms with Crippen LogP contribution in [0.1, 0.15) is 36.8 Å². The molecule has 0 aliphatic carbocycles. The van der Waals surface area contributed by atoms with E-state index < -0.39 is 17.3 Å². The van der Waals surface area contributed by atoms with Crippen LogP contribution in [0.5, 0.6) is 0 Å². The highest BCUT2D eigenvalue weighted by Gasteiger charge is 2.50. The van der Waals surface area contributed by atoms with Crippen molar-refractivity contribution in [3.63, 3.8) is 0 Å². The number of likely N-dealkylation sites (tertiary alicyclic amines) is 2. The largest absolute Gasteiger partial charge is 0.416 e. The zero-order chi connectivity index (χ0) is 18.8. The Morgan fingerprint density at radius 2 is 1.85 bits per heavy atom. The highest BCUT2D eigenvalue weighted by molar-refractivity contribution is 5.87. The molecule has 1 spiro atoms. The third kappa shape index (κ3) is 3.60. The Bertz CT molecular complexity index is 650. The number of methoxy groups -OCH3 is 1. The topological polar surface area (TPSA) is 32.8 Å². The first kappa shape index (κ1) is 19.2. The van der Waals surface area contributed by atoms with Crippen LogP contribution in [-0.2, 0) is 22.3 Å². The van der Waals surface area contributed by atoms with Gasteiger partial charge in [0.05, 0.1) is 12.2 Å². The third-order valence-corrected chi connectivity index (χ3v) is 5.58. The lowest BCUT2D eigenvalue weighted by molar-refractivity contribution is -0.148. The third-order valence-electron chi connectivity index (χ3n) is 5.58. The van der Waals surface area contributed by atoms with E-state index in [1.165, 1.54) is 12.1 Å². The lowest BCUT2D eigenvalue weighted by atomic mass is 9.85. The van der Waals surface area contributed by atoms with Gasteiger partial charge in [-0.1, -0.05) is 18.2 Å². The van der Waals surface area contributed by atoms with Gasteiger partial charge in [-0.15, -0.1) is 0 Å². The van der Waals surface area contributed by atoms with E-state index in [0.717, 1.165) is 18.9 Å². The van der Waals surface area contributed by atoms with Crippen LogP contribution in [0.4, 0.5) is 13.2 Å². The van der Waals surface area contributed by atoms with Crippen LogP contribution in [0.3, 0.4) is 0 Å². The fourth-order valence-electron chi connectivity index (χ4n) is 4.31. The van der Waals surface area contributed by atoms with E-state index in [9.17, 15) is 18.0 Å². The number of alkyl halides is 3. The molecule has 2 heterocycles. The van der Waals surface area contributed by atoms with Crippen LogP contribution >= 0.6 is 0 Å². The van der Waals surface area contributed by atoms with Gasteiger partial charge in [-0.05, 0) is 43.9 Å². The SMILES string of the molecule is COCCN1CCCC2(CCCN2Cc2ccccc2C(F)(F)F)C1=O. The second-order valence-electron chi connectivity index (χ2n) is 7.10. The van der Waals surface area contributed by atoms with Crippen molar-refractivity contribution in [1.29, 1.82) is 0 Å². The van der Waals surface area contributed by atoms with Crippen molar-refractivity contribution in [1.82, 2.24) is 9.80 Å². The summed E-state index contributed by atoms with van der Waals surface area (Å²) in [5, 5.41) is 0. The Hall–Kier alpha value is -1.60. The van der Waals surface area contributed by atoms with E-state index in [4.69, 9.17) is 4.74 Å². The Kier molecular flexibility index (Phi) is 5.58. The number of rotatable bonds is 5. The number of carbonyl (C=O) groups excluding carboxylic acids is 1. The van der Waals surface area contributed by atoms with Gasteiger partial charge < -0.3 is 9.64 Å². The lowest BCUT2D eigenvalue weighted by Gasteiger charge is -2.45. The molecule has 2 fully saturated rings. The van der Waals surface area contributed by atoms with Crippen molar-refractivity contribution in [2.24, 2.45) is 0 Å². The van der Waals surface area contributed by atoms with Gasteiger partial charge in [-0.25, -0.2) is 0 Å². The normalized spacial score (nSPS) is 24.6. The van der Waals surface area contributed by atoms with Crippen molar-refractivity contribution in [2.75, 3.05) is 33.4 Å². The van der Waals surface area contributed by atoms with Gasteiger partial charge in [-0.3, -0.25) is 9.69 Å². The first-order chi connectivity index (χ1) is 12.4. The molecule has 1 amide bonds. The van der Waals surface area contributed by atoms with E-state index >= 15 is 0 Å². The van der Waals surface area contributed by atoms with E-state index in [0.29, 0.717) is 39.1 Å². The molecule has 1 unspecified atom stereocenters. The average molecular weight is 370 g/mol. The van der Waals surface area contributed by atoms with Gasteiger partial charge >= 0.3 is 6.18 Å². The van der Waals surface area contributed by atoms with E-state index in [1.54, 1.807) is 18.1 Å². The molecule has 7 heteroatoms. The van der Waals surface area contributed by atoms with Gasteiger partial charge in [0.2, 0.25) is 5.91 Å². The van der Waals surface area contributed by atoms with Crippen LogP contribution < -0.4 is 0 Å². The first-order valence-electron chi connectivity index (χ1n) is 9.07. The number of halogens is 3. The molecule has 3 rings (SSSR count).